The van der Waals surface area contributed by atoms with Crippen molar-refractivity contribution in [3.63, 3.8) is 0 Å². The van der Waals surface area contributed by atoms with Crippen LogP contribution in [0.4, 0.5) is 0 Å². The van der Waals surface area contributed by atoms with Crippen molar-refractivity contribution in [3.05, 3.63) is 71.1 Å². The Labute approximate surface area is 142 Å². The first kappa shape index (κ1) is 14.2. The van der Waals surface area contributed by atoms with Gasteiger partial charge in [0.2, 0.25) is 0 Å². The highest BCUT2D eigenvalue weighted by molar-refractivity contribution is 6.35. The van der Waals surface area contributed by atoms with E-state index in [0.29, 0.717) is 10.0 Å². The maximum absolute atomic E-state index is 6.33. The van der Waals surface area contributed by atoms with Gasteiger partial charge in [0.05, 0.1) is 22.6 Å². The molecule has 0 N–H and O–H groups in total. The fourth-order valence-corrected chi connectivity index (χ4v) is 2.85. The van der Waals surface area contributed by atoms with Crippen molar-refractivity contribution in [2.45, 2.75) is 0 Å². The van der Waals surface area contributed by atoms with Gasteiger partial charge in [-0.25, -0.2) is 9.50 Å². The van der Waals surface area contributed by atoms with Crippen LogP contribution in [0.5, 0.6) is 0 Å². The summed E-state index contributed by atoms with van der Waals surface area (Å²) in [5, 5.41) is 5.37. The molecule has 0 atom stereocenters. The van der Waals surface area contributed by atoms with Crippen LogP contribution in [0.1, 0.15) is 0 Å². The average Bonchev–Trinajstić information content (AvgIpc) is 3.05. The number of hydrogen-bond acceptors (Lipinski definition) is 3. The van der Waals surface area contributed by atoms with Crippen LogP contribution in [0.25, 0.3) is 28.2 Å². The lowest BCUT2D eigenvalue weighted by Crippen LogP contribution is -1.95. The van der Waals surface area contributed by atoms with Gasteiger partial charge < -0.3 is 0 Å². The van der Waals surface area contributed by atoms with Crippen LogP contribution in [0.2, 0.25) is 10.0 Å². The van der Waals surface area contributed by atoms with Gasteiger partial charge >= 0.3 is 0 Å². The molecule has 4 nitrogen and oxygen atoms in total. The third-order valence-electron chi connectivity index (χ3n) is 3.53. The first-order valence-corrected chi connectivity index (χ1v) is 7.69. The van der Waals surface area contributed by atoms with Crippen molar-refractivity contribution in [3.8, 4) is 22.5 Å². The molecule has 0 aliphatic rings. The van der Waals surface area contributed by atoms with E-state index in [1.165, 1.54) is 0 Å². The van der Waals surface area contributed by atoms with Crippen LogP contribution >= 0.6 is 23.2 Å². The molecule has 0 amide bonds. The second-order valence-electron chi connectivity index (χ2n) is 4.97. The van der Waals surface area contributed by atoms with Crippen LogP contribution in [-0.4, -0.2) is 19.6 Å². The zero-order chi connectivity index (χ0) is 15.8. The summed E-state index contributed by atoms with van der Waals surface area (Å²) in [5.41, 5.74) is 3.99. The molecule has 0 spiro atoms. The van der Waals surface area contributed by atoms with Crippen molar-refractivity contribution >= 4 is 28.8 Å². The third kappa shape index (κ3) is 2.56. The molecule has 0 aliphatic heterocycles. The summed E-state index contributed by atoms with van der Waals surface area (Å²) in [5.74, 6) is 0. The van der Waals surface area contributed by atoms with E-state index in [9.17, 15) is 0 Å². The number of nitrogens with zero attached hydrogens (tertiary/aromatic N) is 4. The van der Waals surface area contributed by atoms with Gasteiger partial charge in [-0.2, -0.15) is 5.10 Å². The lowest BCUT2D eigenvalue weighted by molar-refractivity contribution is 0.941. The number of halogens is 2. The number of fused-ring (bicyclic) bond motifs is 1. The van der Waals surface area contributed by atoms with Gasteiger partial charge in [-0.1, -0.05) is 23.2 Å². The first-order chi connectivity index (χ1) is 11.2. The Morgan fingerprint density at radius 2 is 1.83 bits per heavy atom. The number of pyridine rings is 1. The zero-order valence-electron chi connectivity index (χ0n) is 11.8. The van der Waals surface area contributed by atoms with Crippen molar-refractivity contribution in [1.82, 2.24) is 19.6 Å². The molecule has 6 heteroatoms. The molecule has 3 heterocycles. The highest BCUT2D eigenvalue weighted by Gasteiger charge is 2.13. The van der Waals surface area contributed by atoms with Crippen LogP contribution < -0.4 is 0 Å². The maximum atomic E-state index is 6.33. The molecule has 0 unspecified atom stereocenters. The summed E-state index contributed by atoms with van der Waals surface area (Å²) < 4.78 is 1.71. The minimum Gasteiger partial charge on any atom is -0.255 e. The smallest absolute Gasteiger partial charge is 0.155 e. The summed E-state index contributed by atoms with van der Waals surface area (Å²) in [6.07, 6.45) is 5.31. The monoisotopic (exact) mass is 340 g/mol. The second-order valence-corrected chi connectivity index (χ2v) is 5.81. The topological polar surface area (TPSA) is 43.1 Å². The van der Waals surface area contributed by atoms with Gasteiger partial charge in [0.1, 0.15) is 0 Å². The Balaban J connectivity index is 1.94. The first-order valence-electron chi connectivity index (χ1n) is 6.93. The van der Waals surface area contributed by atoms with E-state index < -0.39 is 0 Å². The second kappa shape index (κ2) is 5.65. The Morgan fingerprint density at radius 1 is 0.913 bits per heavy atom. The van der Waals surface area contributed by atoms with Crippen molar-refractivity contribution < 1.29 is 0 Å². The number of benzene rings is 1. The highest BCUT2D eigenvalue weighted by Crippen LogP contribution is 2.35. The number of rotatable bonds is 2. The summed E-state index contributed by atoms with van der Waals surface area (Å²) >= 11 is 12.4. The molecular weight excluding hydrogens is 331 g/mol. The van der Waals surface area contributed by atoms with Gasteiger partial charge in [-0.3, -0.25) is 4.98 Å². The molecule has 112 valence electrons. The molecule has 23 heavy (non-hydrogen) atoms. The van der Waals surface area contributed by atoms with Gasteiger partial charge in [0, 0.05) is 34.6 Å². The lowest BCUT2D eigenvalue weighted by Gasteiger charge is -2.10. The minimum atomic E-state index is 0.597. The molecular formula is C17H10Cl2N4. The van der Waals surface area contributed by atoms with Crippen LogP contribution in [-0.2, 0) is 0 Å². The largest absolute Gasteiger partial charge is 0.255 e. The third-order valence-corrected chi connectivity index (χ3v) is 4.09. The van der Waals surface area contributed by atoms with Crippen molar-refractivity contribution in [2.24, 2.45) is 0 Å². The van der Waals surface area contributed by atoms with Crippen LogP contribution in [0, 0.1) is 0 Å². The predicted octanol–water partition coefficient (Wildman–Crippen LogP) is 4.77. The Morgan fingerprint density at radius 3 is 2.74 bits per heavy atom. The minimum absolute atomic E-state index is 0.597. The van der Waals surface area contributed by atoms with E-state index in [2.05, 4.69) is 15.1 Å². The zero-order valence-corrected chi connectivity index (χ0v) is 13.3. The molecule has 0 fully saturated rings. The molecule has 3 aromatic heterocycles. The summed E-state index contributed by atoms with van der Waals surface area (Å²) in [6.45, 7) is 0. The van der Waals surface area contributed by atoms with Gasteiger partial charge in [-0.05, 0) is 36.4 Å². The van der Waals surface area contributed by atoms with Crippen LogP contribution in [0.15, 0.2) is 61.1 Å². The fraction of sp³-hybridized carbons (Fsp3) is 0. The molecule has 1 aromatic carbocycles. The normalized spacial score (nSPS) is 11.0. The standard InChI is InChI=1S/C17H10Cl2N4/c18-11-3-4-14(19)13(10-11)17-12(2-1-7-20-17)15-6-9-23-16(22-15)5-8-21-23/h1-10H. The molecule has 0 saturated carbocycles. The summed E-state index contributed by atoms with van der Waals surface area (Å²) in [4.78, 5) is 9.12. The molecule has 4 aromatic rings. The van der Waals surface area contributed by atoms with E-state index in [1.54, 1.807) is 29.0 Å². The molecule has 0 bridgehead atoms. The van der Waals surface area contributed by atoms with Gasteiger partial charge in [0.15, 0.2) is 5.65 Å². The summed E-state index contributed by atoms with van der Waals surface area (Å²) in [7, 11) is 0. The highest BCUT2D eigenvalue weighted by atomic mass is 35.5. The molecule has 0 radical (unpaired) electrons. The molecule has 0 aliphatic carbocycles. The van der Waals surface area contributed by atoms with E-state index in [0.717, 1.165) is 28.2 Å². The van der Waals surface area contributed by atoms with Crippen molar-refractivity contribution in [2.75, 3.05) is 0 Å². The molecule has 4 rings (SSSR count). The predicted molar refractivity (Wildman–Crippen MR) is 91.7 cm³/mol. The van der Waals surface area contributed by atoms with E-state index in [1.807, 2.05) is 36.5 Å². The maximum Gasteiger partial charge on any atom is 0.155 e. The summed E-state index contributed by atoms with van der Waals surface area (Å²) in [6, 6.07) is 12.9. The SMILES string of the molecule is Clc1ccc(Cl)c(-c2ncccc2-c2ccn3nccc3n2)c1. The lowest BCUT2D eigenvalue weighted by atomic mass is 10.0. The quantitative estimate of drug-likeness (QED) is 0.528. The molecule has 0 saturated heterocycles. The van der Waals surface area contributed by atoms with Gasteiger partial charge in [0.25, 0.3) is 0 Å². The van der Waals surface area contributed by atoms with Crippen LogP contribution in [0.3, 0.4) is 0 Å². The number of aromatic nitrogens is 4. The van der Waals surface area contributed by atoms with Gasteiger partial charge in [-0.15, -0.1) is 0 Å². The Kier molecular flexibility index (Phi) is 3.48. The average molecular weight is 341 g/mol. The van der Waals surface area contributed by atoms with Crippen molar-refractivity contribution in [1.29, 1.82) is 0 Å². The Hall–Kier alpha value is -2.43. The van der Waals surface area contributed by atoms with E-state index >= 15 is 0 Å². The van der Waals surface area contributed by atoms with E-state index in [-0.39, 0.29) is 0 Å². The van der Waals surface area contributed by atoms with E-state index in [4.69, 9.17) is 23.2 Å². The Bertz CT molecular complexity index is 1010. The number of hydrogen-bond donors (Lipinski definition) is 0. The fourth-order valence-electron chi connectivity index (χ4n) is 2.47.